The highest BCUT2D eigenvalue weighted by Gasteiger charge is 2.33. The van der Waals surface area contributed by atoms with Crippen molar-refractivity contribution < 1.29 is 13.2 Å². The van der Waals surface area contributed by atoms with E-state index in [1.165, 1.54) is 12.1 Å². The first-order valence-corrected chi connectivity index (χ1v) is 6.80. The Morgan fingerprint density at radius 1 is 1.05 bits per heavy atom. The molecule has 1 aromatic carbocycles. The number of alkyl halides is 3. The third kappa shape index (κ3) is 3.83. The maximum Gasteiger partial charge on any atom is 0.417 e. The highest BCUT2D eigenvalue weighted by Crippen LogP contribution is 2.34. The van der Waals surface area contributed by atoms with Gasteiger partial charge in [-0.3, -0.25) is 0 Å². The molecule has 1 heterocycles. The van der Waals surface area contributed by atoms with Gasteiger partial charge in [-0.05, 0) is 64.0 Å². The summed E-state index contributed by atoms with van der Waals surface area (Å²) in [5.74, 6) is -0.0377. The highest BCUT2D eigenvalue weighted by atomic mass is 127. The van der Waals surface area contributed by atoms with Crippen LogP contribution in [0.25, 0.3) is 0 Å². The molecule has 0 atom stereocenters. The Morgan fingerprint density at radius 3 is 2.20 bits per heavy atom. The summed E-state index contributed by atoms with van der Waals surface area (Å²) in [4.78, 5) is 11.0. The Bertz CT molecular complexity index is 631. The van der Waals surface area contributed by atoms with Gasteiger partial charge in [0.1, 0.15) is 0 Å². The third-order valence-electron chi connectivity index (χ3n) is 2.11. The van der Waals surface area contributed by atoms with Crippen molar-refractivity contribution in [3.63, 3.8) is 0 Å². The molecule has 0 aliphatic carbocycles. The predicted molar refractivity (Wildman–Crippen MR) is 77.3 cm³/mol. The molecule has 4 nitrogen and oxygen atoms in total. The van der Waals surface area contributed by atoms with Crippen LogP contribution in [0.5, 0.6) is 0 Å². The van der Waals surface area contributed by atoms with Crippen molar-refractivity contribution in [2.75, 3.05) is 5.32 Å². The molecular formula is C10H4Cl2F3IN4. The predicted octanol–water partition coefficient (Wildman–Crippen LogP) is 4.55. The normalized spacial score (nSPS) is 11.5. The molecule has 0 radical (unpaired) electrons. The average Bonchev–Trinajstić information content (AvgIpc) is 2.29. The van der Waals surface area contributed by atoms with Gasteiger partial charge in [-0.25, -0.2) is 0 Å². The maximum atomic E-state index is 12.8. The molecule has 0 unspecified atom stereocenters. The quantitative estimate of drug-likeness (QED) is 0.705. The van der Waals surface area contributed by atoms with E-state index in [0.717, 1.165) is 6.07 Å². The molecule has 0 bridgehead atoms. The number of halogens is 6. The van der Waals surface area contributed by atoms with Crippen molar-refractivity contribution in [2.24, 2.45) is 0 Å². The molecule has 2 rings (SSSR count). The topological polar surface area (TPSA) is 50.7 Å². The van der Waals surface area contributed by atoms with E-state index in [1.807, 2.05) is 0 Å². The highest BCUT2D eigenvalue weighted by molar-refractivity contribution is 14.1. The second-order valence-corrected chi connectivity index (χ2v) is 5.35. The fourth-order valence-corrected chi connectivity index (χ4v) is 2.34. The minimum atomic E-state index is -4.44. The molecule has 1 aromatic heterocycles. The van der Waals surface area contributed by atoms with Gasteiger partial charge in [0.2, 0.25) is 16.5 Å². The number of hydrogen-bond donors (Lipinski definition) is 1. The number of benzene rings is 1. The Hall–Kier alpha value is -0.870. The van der Waals surface area contributed by atoms with Gasteiger partial charge in [-0.2, -0.15) is 28.1 Å². The zero-order valence-corrected chi connectivity index (χ0v) is 13.0. The molecule has 0 fully saturated rings. The van der Waals surface area contributed by atoms with Gasteiger partial charge in [0.05, 0.1) is 5.56 Å². The van der Waals surface area contributed by atoms with Gasteiger partial charge in [0.15, 0.2) is 0 Å². The van der Waals surface area contributed by atoms with Gasteiger partial charge in [0, 0.05) is 9.26 Å². The SMILES string of the molecule is FC(F)(F)c1cc(Nc2nc(Cl)nc(Cl)n2)ccc1I. The molecule has 0 saturated heterocycles. The van der Waals surface area contributed by atoms with E-state index in [0.29, 0.717) is 0 Å². The number of anilines is 2. The van der Waals surface area contributed by atoms with E-state index in [9.17, 15) is 13.2 Å². The summed E-state index contributed by atoms with van der Waals surface area (Å²) < 4.78 is 38.4. The molecule has 0 spiro atoms. The molecule has 0 amide bonds. The molecule has 0 aliphatic rings. The first-order chi connectivity index (χ1) is 9.25. The van der Waals surface area contributed by atoms with Crippen LogP contribution in [0.4, 0.5) is 24.8 Å². The number of rotatable bonds is 2. The first-order valence-electron chi connectivity index (χ1n) is 4.96. The second-order valence-electron chi connectivity index (χ2n) is 3.51. The molecule has 2 aromatic rings. The van der Waals surface area contributed by atoms with Gasteiger partial charge >= 0.3 is 6.18 Å². The Morgan fingerprint density at radius 2 is 1.65 bits per heavy atom. The summed E-state index contributed by atoms with van der Waals surface area (Å²) in [5, 5.41) is 2.27. The van der Waals surface area contributed by atoms with E-state index in [4.69, 9.17) is 23.2 Å². The lowest BCUT2D eigenvalue weighted by molar-refractivity contribution is -0.138. The first kappa shape index (κ1) is 15.5. The van der Waals surface area contributed by atoms with E-state index in [1.54, 1.807) is 22.6 Å². The van der Waals surface area contributed by atoms with Crippen molar-refractivity contribution in [2.45, 2.75) is 6.18 Å². The Labute approximate surface area is 134 Å². The van der Waals surface area contributed by atoms with Crippen LogP contribution in [0.3, 0.4) is 0 Å². The lowest BCUT2D eigenvalue weighted by Gasteiger charge is -2.11. The molecule has 10 heteroatoms. The standard InChI is InChI=1S/C10H4Cl2F3IN4/c11-7-18-8(12)20-9(19-7)17-4-1-2-6(16)5(3-4)10(13,14)15/h1-3H,(H,17,18,19,20). The molecular weight excluding hydrogens is 431 g/mol. The van der Waals surface area contributed by atoms with Crippen LogP contribution in [0.15, 0.2) is 18.2 Å². The van der Waals surface area contributed by atoms with Crippen LogP contribution in [-0.4, -0.2) is 15.0 Å². The number of nitrogens with one attached hydrogen (secondary N) is 1. The van der Waals surface area contributed by atoms with Crippen LogP contribution < -0.4 is 5.32 Å². The number of nitrogens with zero attached hydrogens (tertiary/aromatic N) is 3. The Balaban J connectivity index is 2.35. The summed E-state index contributed by atoms with van der Waals surface area (Å²) in [6, 6.07) is 3.74. The lowest BCUT2D eigenvalue weighted by atomic mass is 10.2. The second kappa shape index (κ2) is 5.86. The molecule has 106 valence electrons. The largest absolute Gasteiger partial charge is 0.417 e. The van der Waals surface area contributed by atoms with E-state index < -0.39 is 11.7 Å². The van der Waals surface area contributed by atoms with Crippen LogP contribution in [0.1, 0.15) is 5.56 Å². The van der Waals surface area contributed by atoms with E-state index >= 15 is 0 Å². The van der Waals surface area contributed by atoms with Gasteiger partial charge in [-0.1, -0.05) is 0 Å². The molecule has 1 N–H and O–H groups in total. The Kier molecular flexibility index (Phi) is 4.55. The van der Waals surface area contributed by atoms with Crippen molar-refractivity contribution in [3.8, 4) is 0 Å². The van der Waals surface area contributed by atoms with E-state index in [-0.39, 0.29) is 25.8 Å². The molecule has 0 saturated carbocycles. The van der Waals surface area contributed by atoms with Gasteiger partial charge < -0.3 is 5.32 Å². The summed E-state index contributed by atoms with van der Waals surface area (Å²) in [5.41, 5.74) is -0.592. The van der Waals surface area contributed by atoms with Crippen molar-refractivity contribution in [1.82, 2.24) is 15.0 Å². The summed E-state index contributed by atoms with van der Waals surface area (Å²) in [6.45, 7) is 0. The number of hydrogen-bond acceptors (Lipinski definition) is 4. The smallest absolute Gasteiger partial charge is 0.324 e. The van der Waals surface area contributed by atoms with Crippen molar-refractivity contribution >= 4 is 57.4 Å². The van der Waals surface area contributed by atoms with Crippen LogP contribution in [-0.2, 0) is 6.18 Å². The fraction of sp³-hybridized carbons (Fsp3) is 0.100. The number of aromatic nitrogens is 3. The third-order valence-corrected chi connectivity index (χ3v) is 3.39. The minimum Gasteiger partial charge on any atom is -0.324 e. The van der Waals surface area contributed by atoms with Gasteiger partial charge in [0.25, 0.3) is 0 Å². The molecule has 0 aliphatic heterocycles. The fourth-order valence-electron chi connectivity index (χ4n) is 1.33. The maximum absolute atomic E-state index is 12.8. The monoisotopic (exact) mass is 434 g/mol. The van der Waals surface area contributed by atoms with Crippen molar-refractivity contribution in [1.29, 1.82) is 0 Å². The summed E-state index contributed by atoms with van der Waals surface area (Å²) >= 11 is 12.8. The van der Waals surface area contributed by atoms with Crippen molar-refractivity contribution in [3.05, 3.63) is 37.9 Å². The lowest BCUT2D eigenvalue weighted by Crippen LogP contribution is -2.08. The van der Waals surface area contributed by atoms with E-state index in [2.05, 4.69) is 20.3 Å². The van der Waals surface area contributed by atoms with Crippen LogP contribution >= 0.6 is 45.8 Å². The van der Waals surface area contributed by atoms with Crippen LogP contribution in [0, 0.1) is 3.57 Å². The minimum absolute atomic E-state index is 0.0377. The summed E-state index contributed by atoms with van der Waals surface area (Å²) in [7, 11) is 0. The summed E-state index contributed by atoms with van der Waals surface area (Å²) in [6.07, 6.45) is -4.44. The van der Waals surface area contributed by atoms with Crippen LogP contribution in [0.2, 0.25) is 10.6 Å². The zero-order valence-electron chi connectivity index (χ0n) is 9.34. The zero-order chi connectivity index (χ0) is 14.9. The molecule has 20 heavy (non-hydrogen) atoms. The average molecular weight is 435 g/mol. The van der Waals surface area contributed by atoms with Gasteiger partial charge in [-0.15, -0.1) is 0 Å².